The summed E-state index contributed by atoms with van der Waals surface area (Å²) in [6, 6.07) is 14.4. The van der Waals surface area contributed by atoms with Crippen LogP contribution in [0.1, 0.15) is 55.4 Å². The van der Waals surface area contributed by atoms with E-state index in [1.54, 1.807) is 13.8 Å². The summed E-state index contributed by atoms with van der Waals surface area (Å²) in [5.74, 6) is -1.59. The molecule has 1 aliphatic rings. The lowest BCUT2D eigenvalue weighted by Gasteiger charge is -2.22. The number of amides is 3. The minimum atomic E-state index is -0.797. The molecule has 0 saturated carbocycles. The van der Waals surface area contributed by atoms with Crippen LogP contribution in [0, 0.1) is 6.92 Å². The molecule has 4 rings (SSSR count). The first kappa shape index (κ1) is 21.0. The third-order valence-electron chi connectivity index (χ3n) is 5.05. The zero-order valence-corrected chi connectivity index (χ0v) is 17.3. The molecular weight excluding hydrogens is 414 g/mol. The van der Waals surface area contributed by atoms with Gasteiger partial charge in [0.2, 0.25) is 0 Å². The van der Waals surface area contributed by atoms with E-state index in [4.69, 9.17) is 9.26 Å². The molecule has 9 nitrogen and oxygen atoms in total. The van der Waals surface area contributed by atoms with Gasteiger partial charge in [-0.05, 0) is 37.6 Å². The molecule has 3 aromatic rings. The zero-order valence-electron chi connectivity index (χ0n) is 17.3. The molecular formula is C23H19N3O6. The molecule has 0 fully saturated rings. The summed E-state index contributed by atoms with van der Waals surface area (Å²) in [6.45, 7) is 2.89. The van der Waals surface area contributed by atoms with Crippen molar-refractivity contribution in [2.45, 2.75) is 19.9 Å². The molecule has 3 amide bonds. The van der Waals surface area contributed by atoms with Crippen molar-refractivity contribution >= 4 is 29.5 Å². The van der Waals surface area contributed by atoms with Gasteiger partial charge in [-0.15, -0.1) is 0 Å². The van der Waals surface area contributed by atoms with Crippen LogP contribution in [-0.4, -0.2) is 40.4 Å². The molecule has 2 aromatic carbocycles. The number of imide groups is 1. The van der Waals surface area contributed by atoms with E-state index in [9.17, 15) is 19.2 Å². The van der Waals surface area contributed by atoms with E-state index < -0.39 is 36.3 Å². The Balaban J connectivity index is 1.45. The molecule has 0 bridgehead atoms. The molecule has 1 atom stereocenters. The van der Waals surface area contributed by atoms with Gasteiger partial charge in [0.1, 0.15) is 5.76 Å². The summed E-state index contributed by atoms with van der Waals surface area (Å²) in [7, 11) is 0. The Morgan fingerprint density at radius 3 is 2.47 bits per heavy atom. The maximum absolute atomic E-state index is 12.9. The van der Waals surface area contributed by atoms with Gasteiger partial charge in [0.05, 0.1) is 22.7 Å². The second-order valence-electron chi connectivity index (χ2n) is 7.27. The van der Waals surface area contributed by atoms with Crippen LogP contribution >= 0.6 is 0 Å². The number of anilines is 1. The van der Waals surface area contributed by atoms with E-state index >= 15 is 0 Å². The predicted molar refractivity (Wildman–Crippen MR) is 112 cm³/mol. The third kappa shape index (κ3) is 4.00. The number of benzene rings is 2. The van der Waals surface area contributed by atoms with Crippen molar-refractivity contribution in [3.63, 3.8) is 0 Å². The van der Waals surface area contributed by atoms with E-state index in [2.05, 4.69) is 10.5 Å². The molecule has 9 heteroatoms. The normalized spacial score (nSPS) is 13.6. The quantitative estimate of drug-likeness (QED) is 0.468. The number of nitrogens with one attached hydrogen (secondary N) is 1. The first-order valence-electron chi connectivity index (χ1n) is 9.82. The molecule has 1 N–H and O–H groups in total. The molecule has 1 aliphatic heterocycles. The summed E-state index contributed by atoms with van der Waals surface area (Å²) >= 11 is 0. The molecule has 162 valence electrons. The van der Waals surface area contributed by atoms with Crippen molar-refractivity contribution in [2.75, 3.05) is 11.9 Å². The topological polar surface area (TPSA) is 119 Å². The number of aromatic nitrogens is 1. The van der Waals surface area contributed by atoms with Gasteiger partial charge in [0, 0.05) is 6.07 Å². The Morgan fingerprint density at radius 1 is 1.06 bits per heavy atom. The highest BCUT2D eigenvalue weighted by molar-refractivity contribution is 6.22. The van der Waals surface area contributed by atoms with E-state index in [-0.39, 0.29) is 22.5 Å². The molecule has 32 heavy (non-hydrogen) atoms. The molecule has 1 unspecified atom stereocenters. The third-order valence-corrected chi connectivity index (χ3v) is 5.05. The average molecular weight is 433 g/mol. The summed E-state index contributed by atoms with van der Waals surface area (Å²) < 4.78 is 9.85. The monoisotopic (exact) mass is 433 g/mol. The van der Waals surface area contributed by atoms with Crippen LogP contribution in [0.3, 0.4) is 0 Å². The van der Waals surface area contributed by atoms with E-state index in [1.807, 2.05) is 30.3 Å². The number of carbonyl (C=O) groups is 4. The number of carbonyl (C=O) groups excluding carboxylic acids is 4. The van der Waals surface area contributed by atoms with E-state index in [1.165, 1.54) is 29.2 Å². The Kier molecular flexibility index (Phi) is 5.55. The van der Waals surface area contributed by atoms with Crippen LogP contribution < -0.4 is 5.32 Å². The number of hydrogen-bond acceptors (Lipinski definition) is 7. The highest BCUT2D eigenvalue weighted by Crippen LogP contribution is 2.31. The molecule has 0 radical (unpaired) electrons. The largest absolute Gasteiger partial charge is 0.452 e. The van der Waals surface area contributed by atoms with Crippen LogP contribution in [0.4, 0.5) is 5.82 Å². The summed E-state index contributed by atoms with van der Waals surface area (Å²) in [5.41, 5.74) is 1.21. The van der Waals surface area contributed by atoms with Gasteiger partial charge in [-0.3, -0.25) is 19.3 Å². The summed E-state index contributed by atoms with van der Waals surface area (Å²) in [5, 5.41) is 6.05. The number of nitrogens with zero attached hydrogens (tertiary/aromatic N) is 2. The fourth-order valence-corrected chi connectivity index (χ4v) is 3.44. The first-order chi connectivity index (χ1) is 15.3. The van der Waals surface area contributed by atoms with E-state index in [0.717, 1.165) is 5.56 Å². The number of rotatable bonds is 6. The number of hydrogen-bond donors (Lipinski definition) is 1. The predicted octanol–water partition coefficient (Wildman–Crippen LogP) is 3.14. The fourth-order valence-electron chi connectivity index (χ4n) is 3.44. The fraction of sp³-hybridized carbons (Fsp3) is 0.174. The number of aryl methyl sites for hydroxylation is 1. The lowest BCUT2D eigenvalue weighted by atomic mass is 10.1. The van der Waals surface area contributed by atoms with Gasteiger partial charge in [0.15, 0.2) is 12.4 Å². The lowest BCUT2D eigenvalue weighted by Crippen LogP contribution is -2.32. The Bertz CT molecular complexity index is 1220. The van der Waals surface area contributed by atoms with Gasteiger partial charge < -0.3 is 14.6 Å². The SMILES string of the molecule is Cc1cc(NC(=O)COC(=O)c2ccc3c(c2)C(=O)N(C(C)c2ccccc2)C3=O)no1. The molecule has 0 spiro atoms. The highest BCUT2D eigenvalue weighted by atomic mass is 16.5. The first-order valence-corrected chi connectivity index (χ1v) is 9.82. The smallest absolute Gasteiger partial charge is 0.338 e. The highest BCUT2D eigenvalue weighted by Gasteiger charge is 2.39. The van der Waals surface area contributed by atoms with E-state index in [0.29, 0.717) is 5.76 Å². The average Bonchev–Trinajstić information content (AvgIpc) is 3.31. The van der Waals surface area contributed by atoms with Crippen LogP contribution in [-0.2, 0) is 9.53 Å². The number of ether oxygens (including phenoxy) is 1. The molecule has 0 aliphatic carbocycles. The van der Waals surface area contributed by atoms with Crippen LogP contribution in [0.5, 0.6) is 0 Å². The minimum Gasteiger partial charge on any atom is -0.452 e. The molecule has 1 aromatic heterocycles. The van der Waals surface area contributed by atoms with Crippen LogP contribution in [0.2, 0.25) is 0 Å². The maximum atomic E-state index is 12.9. The lowest BCUT2D eigenvalue weighted by molar-refractivity contribution is -0.119. The van der Waals surface area contributed by atoms with Gasteiger partial charge in [0.25, 0.3) is 17.7 Å². The van der Waals surface area contributed by atoms with Crippen LogP contribution in [0.15, 0.2) is 59.1 Å². The van der Waals surface area contributed by atoms with Crippen molar-refractivity contribution in [1.29, 1.82) is 0 Å². The summed E-state index contributed by atoms with van der Waals surface area (Å²) in [4.78, 5) is 51.2. The molecule has 0 saturated heterocycles. The van der Waals surface area contributed by atoms with Gasteiger partial charge in [-0.1, -0.05) is 35.5 Å². The van der Waals surface area contributed by atoms with Crippen molar-refractivity contribution in [1.82, 2.24) is 10.1 Å². The zero-order chi connectivity index (χ0) is 22.8. The number of esters is 1. The second-order valence-corrected chi connectivity index (χ2v) is 7.27. The Labute approximate surface area is 182 Å². The van der Waals surface area contributed by atoms with Crippen molar-refractivity contribution < 1.29 is 28.4 Å². The minimum absolute atomic E-state index is 0.0594. The van der Waals surface area contributed by atoms with Crippen molar-refractivity contribution in [3.8, 4) is 0 Å². The Morgan fingerprint density at radius 2 is 1.78 bits per heavy atom. The Hall–Kier alpha value is -4.27. The van der Waals surface area contributed by atoms with Crippen molar-refractivity contribution in [2.24, 2.45) is 0 Å². The van der Waals surface area contributed by atoms with Crippen LogP contribution in [0.25, 0.3) is 0 Å². The number of fused-ring (bicyclic) bond motifs is 1. The standard InChI is InChI=1S/C23H19N3O6/c1-13-10-19(25-32-13)24-20(27)12-31-23(30)16-8-9-17-18(11-16)22(29)26(21(17)28)14(2)15-6-4-3-5-7-15/h3-11,14H,12H2,1-2H3,(H,24,25,27). The second kappa shape index (κ2) is 8.46. The van der Waals surface area contributed by atoms with Gasteiger partial charge in [-0.2, -0.15) is 0 Å². The van der Waals surface area contributed by atoms with Gasteiger partial charge >= 0.3 is 5.97 Å². The maximum Gasteiger partial charge on any atom is 0.338 e. The van der Waals surface area contributed by atoms with Gasteiger partial charge in [-0.25, -0.2) is 4.79 Å². The summed E-state index contributed by atoms with van der Waals surface area (Å²) in [6.07, 6.45) is 0. The molecule has 2 heterocycles. The van der Waals surface area contributed by atoms with Crippen molar-refractivity contribution in [3.05, 3.63) is 82.6 Å².